The van der Waals surface area contributed by atoms with Crippen LogP contribution in [-0.4, -0.2) is 20.4 Å². The van der Waals surface area contributed by atoms with Crippen molar-refractivity contribution in [3.63, 3.8) is 0 Å². The minimum Gasteiger partial charge on any atom is -0.390 e. The van der Waals surface area contributed by atoms with Gasteiger partial charge in [0, 0.05) is 0 Å². The van der Waals surface area contributed by atoms with E-state index in [0.29, 0.717) is 11.4 Å². The second kappa shape index (κ2) is 2.81. The zero-order valence-electron chi connectivity index (χ0n) is 5.76. The van der Waals surface area contributed by atoms with E-state index in [1.54, 1.807) is 6.92 Å². The summed E-state index contributed by atoms with van der Waals surface area (Å²) in [6.45, 7) is 1.67. The SMILES string of the molecule is Cc1c(CO)n[nH]c1CO. The lowest BCUT2D eigenvalue weighted by atomic mass is 10.2. The van der Waals surface area contributed by atoms with Gasteiger partial charge in [-0.1, -0.05) is 0 Å². The lowest BCUT2D eigenvalue weighted by molar-refractivity contribution is 0.274. The first-order valence-corrected chi connectivity index (χ1v) is 3.04. The van der Waals surface area contributed by atoms with E-state index >= 15 is 0 Å². The van der Waals surface area contributed by atoms with Crippen molar-refractivity contribution in [2.45, 2.75) is 20.1 Å². The molecule has 0 amide bonds. The average molecular weight is 142 g/mol. The van der Waals surface area contributed by atoms with Crippen molar-refractivity contribution in [1.29, 1.82) is 0 Å². The highest BCUT2D eigenvalue weighted by molar-refractivity contribution is 5.21. The maximum atomic E-state index is 8.67. The third-order valence-electron chi connectivity index (χ3n) is 1.52. The Morgan fingerprint density at radius 1 is 1.40 bits per heavy atom. The van der Waals surface area contributed by atoms with Crippen LogP contribution >= 0.6 is 0 Å². The number of rotatable bonds is 2. The highest BCUT2D eigenvalue weighted by Crippen LogP contribution is 2.08. The van der Waals surface area contributed by atoms with Crippen LogP contribution in [0.2, 0.25) is 0 Å². The van der Waals surface area contributed by atoms with E-state index < -0.39 is 0 Å². The predicted molar refractivity (Wildman–Crippen MR) is 35.2 cm³/mol. The van der Waals surface area contributed by atoms with Crippen molar-refractivity contribution in [1.82, 2.24) is 10.2 Å². The standard InChI is InChI=1S/C6H10N2O2/c1-4-5(2-9)7-8-6(4)3-10/h9-10H,2-3H2,1H3,(H,7,8). The fourth-order valence-electron chi connectivity index (χ4n) is 0.785. The van der Waals surface area contributed by atoms with Gasteiger partial charge in [-0.3, -0.25) is 5.10 Å². The quantitative estimate of drug-likeness (QED) is 0.531. The van der Waals surface area contributed by atoms with Crippen LogP contribution in [0.15, 0.2) is 0 Å². The molecular weight excluding hydrogens is 132 g/mol. The summed E-state index contributed by atoms with van der Waals surface area (Å²) in [5, 5.41) is 23.7. The molecule has 0 spiro atoms. The first-order valence-electron chi connectivity index (χ1n) is 3.04. The van der Waals surface area contributed by atoms with Crippen LogP contribution in [0.25, 0.3) is 0 Å². The van der Waals surface area contributed by atoms with Crippen molar-refractivity contribution in [2.75, 3.05) is 0 Å². The summed E-state index contributed by atoms with van der Waals surface area (Å²) < 4.78 is 0. The van der Waals surface area contributed by atoms with E-state index in [0.717, 1.165) is 5.56 Å². The maximum absolute atomic E-state index is 8.67. The molecule has 0 saturated carbocycles. The summed E-state index contributed by atoms with van der Waals surface area (Å²) in [5.74, 6) is 0. The van der Waals surface area contributed by atoms with Crippen LogP contribution in [0.4, 0.5) is 0 Å². The lowest BCUT2D eigenvalue weighted by Crippen LogP contribution is -1.87. The molecule has 1 aromatic rings. The summed E-state index contributed by atoms with van der Waals surface area (Å²) in [7, 11) is 0. The number of hydrogen-bond acceptors (Lipinski definition) is 3. The van der Waals surface area contributed by atoms with Crippen molar-refractivity contribution in [3.8, 4) is 0 Å². The molecule has 0 radical (unpaired) electrons. The molecule has 1 aromatic heterocycles. The summed E-state index contributed by atoms with van der Waals surface area (Å²) in [5.41, 5.74) is 2.11. The molecule has 10 heavy (non-hydrogen) atoms. The summed E-state index contributed by atoms with van der Waals surface area (Å²) in [6.07, 6.45) is 0. The Kier molecular flexibility index (Phi) is 2.03. The van der Waals surface area contributed by atoms with E-state index in [-0.39, 0.29) is 13.2 Å². The zero-order chi connectivity index (χ0) is 7.56. The van der Waals surface area contributed by atoms with Gasteiger partial charge in [0.2, 0.25) is 0 Å². The molecule has 56 valence electrons. The molecule has 1 heterocycles. The molecule has 0 atom stereocenters. The van der Waals surface area contributed by atoms with Crippen molar-refractivity contribution in [2.24, 2.45) is 0 Å². The number of hydrogen-bond donors (Lipinski definition) is 3. The predicted octanol–water partition coefficient (Wildman–Crippen LogP) is -0.297. The Morgan fingerprint density at radius 3 is 2.40 bits per heavy atom. The molecule has 0 saturated heterocycles. The van der Waals surface area contributed by atoms with E-state index in [9.17, 15) is 0 Å². The van der Waals surface area contributed by atoms with E-state index in [1.807, 2.05) is 0 Å². The molecule has 0 fully saturated rings. The Bertz CT molecular complexity index is 198. The molecule has 0 aromatic carbocycles. The molecule has 0 aliphatic rings. The van der Waals surface area contributed by atoms with Crippen LogP contribution in [-0.2, 0) is 13.2 Å². The van der Waals surface area contributed by atoms with Crippen molar-refractivity contribution < 1.29 is 10.2 Å². The topological polar surface area (TPSA) is 69.1 Å². The number of aromatic nitrogens is 2. The number of nitrogens with zero attached hydrogens (tertiary/aromatic N) is 1. The average Bonchev–Trinajstić information content (AvgIpc) is 2.30. The van der Waals surface area contributed by atoms with Crippen LogP contribution in [0.3, 0.4) is 0 Å². The minimum absolute atomic E-state index is 0.0567. The van der Waals surface area contributed by atoms with Crippen LogP contribution < -0.4 is 0 Å². The third kappa shape index (κ3) is 1.03. The van der Waals surface area contributed by atoms with Gasteiger partial charge in [0.05, 0.1) is 24.6 Å². The van der Waals surface area contributed by atoms with Crippen molar-refractivity contribution >= 4 is 0 Å². The van der Waals surface area contributed by atoms with E-state index in [2.05, 4.69) is 10.2 Å². The van der Waals surface area contributed by atoms with Crippen LogP contribution in [0.1, 0.15) is 17.0 Å². The second-order valence-corrected chi connectivity index (χ2v) is 2.09. The van der Waals surface area contributed by atoms with Gasteiger partial charge < -0.3 is 10.2 Å². The minimum atomic E-state index is -0.0810. The largest absolute Gasteiger partial charge is 0.390 e. The molecular formula is C6H10N2O2. The maximum Gasteiger partial charge on any atom is 0.0909 e. The van der Waals surface area contributed by atoms with Gasteiger partial charge in [0.15, 0.2) is 0 Å². The second-order valence-electron chi connectivity index (χ2n) is 2.09. The van der Waals surface area contributed by atoms with E-state index in [4.69, 9.17) is 10.2 Å². The molecule has 4 nitrogen and oxygen atoms in total. The summed E-state index contributed by atoms with van der Waals surface area (Å²) >= 11 is 0. The van der Waals surface area contributed by atoms with Gasteiger partial charge in [-0.25, -0.2) is 0 Å². The summed E-state index contributed by atoms with van der Waals surface area (Å²) in [4.78, 5) is 0. The molecule has 0 bridgehead atoms. The number of H-pyrrole nitrogens is 1. The molecule has 0 unspecified atom stereocenters. The lowest BCUT2D eigenvalue weighted by Gasteiger charge is -1.91. The van der Waals surface area contributed by atoms with Crippen molar-refractivity contribution in [3.05, 3.63) is 17.0 Å². The summed E-state index contributed by atoms with van der Waals surface area (Å²) in [6, 6.07) is 0. The van der Waals surface area contributed by atoms with Gasteiger partial charge in [-0.2, -0.15) is 5.10 Å². The van der Waals surface area contributed by atoms with Gasteiger partial charge in [0.25, 0.3) is 0 Å². The number of nitrogens with one attached hydrogen (secondary N) is 1. The molecule has 3 N–H and O–H groups in total. The monoisotopic (exact) mass is 142 g/mol. The van der Waals surface area contributed by atoms with E-state index in [1.165, 1.54) is 0 Å². The van der Waals surface area contributed by atoms with Gasteiger partial charge in [0.1, 0.15) is 0 Å². The van der Waals surface area contributed by atoms with Gasteiger partial charge in [-0.15, -0.1) is 0 Å². The Hall–Kier alpha value is -0.870. The number of aromatic amines is 1. The fraction of sp³-hybridized carbons (Fsp3) is 0.500. The zero-order valence-corrected chi connectivity index (χ0v) is 5.76. The Morgan fingerprint density at radius 2 is 2.10 bits per heavy atom. The first kappa shape index (κ1) is 7.24. The fourth-order valence-corrected chi connectivity index (χ4v) is 0.785. The van der Waals surface area contributed by atoms with Gasteiger partial charge in [-0.05, 0) is 12.5 Å². The third-order valence-corrected chi connectivity index (χ3v) is 1.52. The normalized spacial score (nSPS) is 10.3. The Balaban J connectivity index is 2.97. The molecule has 0 aliphatic carbocycles. The number of aliphatic hydroxyl groups is 2. The van der Waals surface area contributed by atoms with Crippen LogP contribution in [0.5, 0.6) is 0 Å². The Labute approximate surface area is 58.5 Å². The molecule has 1 rings (SSSR count). The highest BCUT2D eigenvalue weighted by atomic mass is 16.3. The smallest absolute Gasteiger partial charge is 0.0909 e. The first-order chi connectivity index (χ1) is 4.79. The number of aliphatic hydroxyl groups excluding tert-OH is 2. The highest BCUT2D eigenvalue weighted by Gasteiger charge is 2.05. The molecule has 4 heteroatoms. The molecule has 0 aliphatic heterocycles. The van der Waals surface area contributed by atoms with Gasteiger partial charge >= 0.3 is 0 Å². The van der Waals surface area contributed by atoms with Crippen LogP contribution in [0, 0.1) is 6.92 Å².